The van der Waals surface area contributed by atoms with Crippen LogP contribution in [0.1, 0.15) is 24.0 Å². The van der Waals surface area contributed by atoms with Gasteiger partial charge >= 0.3 is 12.1 Å². The van der Waals surface area contributed by atoms with Gasteiger partial charge in [0.15, 0.2) is 0 Å². The van der Waals surface area contributed by atoms with Gasteiger partial charge in [0.1, 0.15) is 0 Å². The van der Waals surface area contributed by atoms with Crippen molar-refractivity contribution in [2.75, 3.05) is 11.9 Å². The Bertz CT molecular complexity index is 795. The summed E-state index contributed by atoms with van der Waals surface area (Å²) in [6.45, 7) is 0.184. The molecular weight excluding hydrogens is 383 g/mol. The zero-order valence-electron chi connectivity index (χ0n) is 14.2. The van der Waals surface area contributed by atoms with Gasteiger partial charge in [0.2, 0.25) is 5.91 Å². The fourth-order valence-electron chi connectivity index (χ4n) is 2.23. The Labute approximate surface area is 159 Å². The van der Waals surface area contributed by atoms with E-state index >= 15 is 0 Å². The zero-order chi connectivity index (χ0) is 19.9. The molecule has 0 aromatic heterocycles. The summed E-state index contributed by atoms with van der Waals surface area (Å²) in [6.07, 6.45) is -4.40. The number of alkyl halides is 3. The summed E-state index contributed by atoms with van der Waals surface area (Å²) in [5.74, 6) is -1.19. The number of amides is 1. The van der Waals surface area contributed by atoms with Gasteiger partial charge in [-0.3, -0.25) is 9.59 Å². The van der Waals surface area contributed by atoms with Crippen molar-refractivity contribution >= 4 is 29.2 Å². The van der Waals surface area contributed by atoms with Gasteiger partial charge in [0.05, 0.1) is 29.3 Å². The van der Waals surface area contributed by atoms with E-state index < -0.39 is 23.6 Å². The quantitative estimate of drug-likeness (QED) is 0.676. The van der Waals surface area contributed by atoms with Gasteiger partial charge in [0, 0.05) is 12.8 Å². The van der Waals surface area contributed by atoms with E-state index in [0.29, 0.717) is 6.42 Å². The molecule has 0 aliphatic rings. The van der Waals surface area contributed by atoms with E-state index in [1.807, 2.05) is 30.3 Å². The zero-order valence-corrected chi connectivity index (χ0v) is 14.9. The third kappa shape index (κ3) is 6.94. The van der Waals surface area contributed by atoms with Crippen LogP contribution >= 0.6 is 11.6 Å². The minimum atomic E-state index is -4.55. The second kappa shape index (κ2) is 9.41. The van der Waals surface area contributed by atoms with E-state index in [1.165, 1.54) is 0 Å². The number of anilines is 1. The molecule has 2 aromatic carbocycles. The number of carbonyl (C=O) groups is 2. The number of carbonyl (C=O) groups excluding carboxylic acids is 2. The molecule has 2 rings (SSSR count). The Hall–Kier alpha value is -2.54. The molecule has 0 saturated heterocycles. The lowest BCUT2D eigenvalue weighted by Crippen LogP contribution is -2.16. The first-order chi connectivity index (χ1) is 12.8. The molecule has 0 radical (unpaired) electrons. The van der Waals surface area contributed by atoms with Crippen LogP contribution in [0.2, 0.25) is 5.02 Å². The molecule has 1 amide bonds. The summed E-state index contributed by atoms with van der Waals surface area (Å²) < 4.78 is 43.2. The summed E-state index contributed by atoms with van der Waals surface area (Å²) in [5.41, 5.74) is -0.0707. The molecule has 2 aromatic rings. The number of benzene rings is 2. The molecule has 0 aliphatic heterocycles. The highest BCUT2D eigenvalue weighted by atomic mass is 35.5. The molecule has 0 bridgehead atoms. The van der Waals surface area contributed by atoms with E-state index in [-0.39, 0.29) is 30.2 Å². The molecule has 0 saturated carbocycles. The average Bonchev–Trinajstić information content (AvgIpc) is 2.62. The van der Waals surface area contributed by atoms with Crippen molar-refractivity contribution in [3.8, 4) is 0 Å². The molecule has 27 heavy (non-hydrogen) atoms. The highest BCUT2D eigenvalue weighted by Gasteiger charge is 2.31. The van der Waals surface area contributed by atoms with Gasteiger partial charge in [-0.05, 0) is 23.8 Å². The fraction of sp³-hybridized carbons (Fsp3) is 0.263. The monoisotopic (exact) mass is 399 g/mol. The Balaban J connectivity index is 1.78. The summed E-state index contributed by atoms with van der Waals surface area (Å²) in [5, 5.41) is 2.26. The van der Waals surface area contributed by atoms with Crippen LogP contribution in [0.15, 0.2) is 48.5 Å². The van der Waals surface area contributed by atoms with Crippen molar-refractivity contribution in [3.63, 3.8) is 0 Å². The van der Waals surface area contributed by atoms with Crippen molar-refractivity contribution in [1.29, 1.82) is 0 Å². The van der Waals surface area contributed by atoms with Crippen LogP contribution in [0.4, 0.5) is 18.9 Å². The van der Waals surface area contributed by atoms with E-state index in [1.54, 1.807) is 0 Å². The first-order valence-corrected chi connectivity index (χ1v) is 8.49. The van der Waals surface area contributed by atoms with Gasteiger partial charge in [0.25, 0.3) is 0 Å². The second-order valence-corrected chi connectivity index (χ2v) is 6.10. The van der Waals surface area contributed by atoms with Crippen LogP contribution in [0.5, 0.6) is 0 Å². The SMILES string of the molecule is O=C(CCC(=O)OCCc1ccccc1)Nc1cc(C(F)(F)F)ccc1Cl. The molecule has 4 nitrogen and oxygen atoms in total. The van der Waals surface area contributed by atoms with Crippen molar-refractivity contribution < 1.29 is 27.5 Å². The molecular formula is C19H17ClF3NO3. The number of esters is 1. The predicted molar refractivity (Wildman–Crippen MR) is 95.4 cm³/mol. The van der Waals surface area contributed by atoms with Crippen molar-refractivity contribution in [2.45, 2.75) is 25.4 Å². The summed E-state index contributed by atoms with van der Waals surface area (Å²) in [7, 11) is 0. The molecule has 0 aliphatic carbocycles. The lowest BCUT2D eigenvalue weighted by Gasteiger charge is -2.11. The molecule has 0 atom stereocenters. The molecule has 0 heterocycles. The first-order valence-electron chi connectivity index (χ1n) is 8.12. The van der Waals surface area contributed by atoms with Crippen LogP contribution in [-0.2, 0) is 26.9 Å². The topological polar surface area (TPSA) is 55.4 Å². The van der Waals surface area contributed by atoms with Crippen molar-refractivity contribution in [3.05, 3.63) is 64.7 Å². The number of hydrogen-bond donors (Lipinski definition) is 1. The lowest BCUT2D eigenvalue weighted by atomic mass is 10.2. The third-order valence-corrected chi connectivity index (χ3v) is 3.95. The Morgan fingerprint density at radius 1 is 1.04 bits per heavy atom. The smallest absolute Gasteiger partial charge is 0.416 e. The largest absolute Gasteiger partial charge is 0.465 e. The summed E-state index contributed by atoms with van der Waals surface area (Å²) >= 11 is 5.81. The summed E-state index contributed by atoms with van der Waals surface area (Å²) in [6, 6.07) is 12.1. The first kappa shape index (κ1) is 20.8. The van der Waals surface area contributed by atoms with Crippen LogP contribution in [-0.4, -0.2) is 18.5 Å². The Kier molecular flexibility index (Phi) is 7.24. The highest BCUT2D eigenvalue weighted by Crippen LogP contribution is 2.33. The maximum absolute atomic E-state index is 12.7. The molecule has 0 spiro atoms. The van der Waals surface area contributed by atoms with Crippen LogP contribution < -0.4 is 5.32 Å². The molecule has 1 N–H and O–H groups in total. The Morgan fingerprint density at radius 3 is 2.41 bits per heavy atom. The van der Waals surface area contributed by atoms with Gasteiger partial charge in [-0.1, -0.05) is 41.9 Å². The maximum atomic E-state index is 12.7. The van der Waals surface area contributed by atoms with Crippen molar-refractivity contribution in [2.24, 2.45) is 0 Å². The molecule has 0 unspecified atom stereocenters. The van der Waals surface area contributed by atoms with Gasteiger partial charge in [-0.2, -0.15) is 13.2 Å². The van der Waals surface area contributed by atoms with E-state index in [4.69, 9.17) is 16.3 Å². The fourth-order valence-corrected chi connectivity index (χ4v) is 2.39. The van der Waals surface area contributed by atoms with Crippen LogP contribution in [0.25, 0.3) is 0 Å². The number of rotatable bonds is 7. The molecule has 0 fully saturated rings. The number of halogens is 4. The van der Waals surface area contributed by atoms with E-state index in [0.717, 1.165) is 23.8 Å². The lowest BCUT2D eigenvalue weighted by molar-refractivity contribution is -0.144. The average molecular weight is 400 g/mol. The van der Waals surface area contributed by atoms with E-state index in [9.17, 15) is 22.8 Å². The number of nitrogens with one attached hydrogen (secondary N) is 1. The standard InChI is InChI=1S/C19H17ClF3NO3/c20-15-7-6-14(19(21,22)23)12-16(15)24-17(25)8-9-18(26)27-11-10-13-4-2-1-3-5-13/h1-7,12H,8-11H2,(H,24,25). The highest BCUT2D eigenvalue weighted by molar-refractivity contribution is 6.33. The number of hydrogen-bond acceptors (Lipinski definition) is 3. The molecule has 8 heteroatoms. The third-order valence-electron chi connectivity index (χ3n) is 3.62. The van der Waals surface area contributed by atoms with E-state index in [2.05, 4.69) is 5.32 Å². The van der Waals surface area contributed by atoms with Gasteiger partial charge in [-0.15, -0.1) is 0 Å². The Morgan fingerprint density at radius 2 is 1.74 bits per heavy atom. The normalized spacial score (nSPS) is 11.1. The van der Waals surface area contributed by atoms with Gasteiger partial charge in [-0.25, -0.2) is 0 Å². The maximum Gasteiger partial charge on any atom is 0.416 e. The van der Waals surface area contributed by atoms with Crippen LogP contribution in [0, 0.1) is 0 Å². The summed E-state index contributed by atoms with van der Waals surface area (Å²) in [4.78, 5) is 23.5. The van der Waals surface area contributed by atoms with Crippen LogP contribution in [0.3, 0.4) is 0 Å². The minimum Gasteiger partial charge on any atom is -0.465 e. The van der Waals surface area contributed by atoms with Gasteiger partial charge < -0.3 is 10.1 Å². The predicted octanol–water partition coefficient (Wildman–Crippen LogP) is 4.86. The second-order valence-electron chi connectivity index (χ2n) is 5.70. The molecule has 144 valence electrons. The van der Waals surface area contributed by atoms with Crippen molar-refractivity contribution in [1.82, 2.24) is 0 Å². The number of ether oxygens (including phenoxy) is 1. The minimum absolute atomic E-state index is 0.0261.